The van der Waals surface area contributed by atoms with E-state index in [9.17, 15) is 17.2 Å². The lowest BCUT2D eigenvalue weighted by Crippen LogP contribution is -2.37. The Kier molecular flexibility index (Phi) is 4.60. The van der Waals surface area contributed by atoms with E-state index in [4.69, 9.17) is 10.8 Å². The molecule has 0 saturated carbocycles. The van der Waals surface area contributed by atoms with Crippen molar-refractivity contribution in [3.8, 4) is 0 Å². The third kappa shape index (κ3) is 3.15. The molecule has 4 N–H and O–H groups in total. The summed E-state index contributed by atoms with van der Waals surface area (Å²) in [5.41, 5.74) is 5.07. The summed E-state index contributed by atoms with van der Waals surface area (Å²) >= 11 is 0. The van der Waals surface area contributed by atoms with Crippen molar-refractivity contribution < 1.29 is 22.3 Å². The Morgan fingerprint density at radius 3 is 2.56 bits per heavy atom. The van der Waals surface area contributed by atoms with Crippen LogP contribution >= 0.6 is 0 Å². The zero-order chi connectivity index (χ0) is 13.9. The number of nitrogen functional groups attached to an aromatic ring is 1. The van der Waals surface area contributed by atoms with Gasteiger partial charge in [0.15, 0.2) is 11.6 Å². The zero-order valence-electron chi connectivity index (χ0n) is 9.65. The van der Waals surface area contributed by atoms with Crippen molar-refractivity contribution in [3.05, 3.63) is 23.8 Å². The molecule has 0 saturated heterocycles. The van der Waals surface area contributed by atoms with Gasteiger partial charge >= 0.3 is 0 Å². The van der Waals surface area contributed by atoms with Crippen molar-refractivity contribution in [2.45, 2.75) is 24.3 Å². The molecule has 0 amide bonds. The molecule has 0 spiro atoms. The van der Waals surface area contributed by atoms with E-state index >= 15 is 0 Å². The number of aliphatic hydroxyl groups excluding tert-OH is 1. The highest BCUT2D eigenvalue weighted by atomic mass is 32.2. The second-order valence-corrected chi connectivity index (χ2v) is 5.41. The van der Waals surface area contributed by atoms with E-state index in [1.807, 2.05) is 0 Å². The van der Waals surface area contributed by atoms with Gasteiger partial charge in [-0.05, 0) is 18.6 Å². The first-order chi connectivity index (χ1) is 8.31. The highest BCUT2D eigenvalue weighted by Crippen LogP contribution is 2.21. The molecule has 8 heteroatoms. The first-order valence-electron chi connectivity index (χ1n) is 5.19. The lowest BCUT2D eigenvalue weighted by molar-refractivity contribution is 0.253. The number of hydrogen-bond donors (Lipinski definition) is 3. The van der Waals surface area contributed by atoms with Crippen LogP contribution in [0.5, 0.6) is 0 Å². The van der Waals surface area contributed by atoms with Crippen molar-refractivity contribution in [3.63, 3.8) is 0 Å². The van der Waals surface area contributed by atoms with Crippen LogP contribution in [0.25, 0.3) is 0 Å². The summed E-state index contributed by atoms with van der Waals surface area (Å²) in [6.45, 7) is 1.20. The van der Waals surface area contributed by atoms with Gasteiger partial charge in [0.2, 0.25) is 10.0 Å². The molecule has 0 aromatic heterocycles. The monoisotopic (exact) mass is 280 g/mol. The summed E-state index contributed by atoms with van der Waals surface area (Å²) in [6.07, 6.45) is 0.308. The molecule has 1 rings (SSSR count). The van der Waals surface area contributed by atoms with Crippen molar-refractivity contribution in [1.82, 2.24) is 4.72 Å². The molecule has 1 unspecified atom stereocenters. The van der Waals surface area contributed by atoms with Gasteiger partial charge in [-0.2, -0.15) is 0 Å². The van der Waals surface area contributed by atoms with Gasteiger partial charge in [0.05, 0.1) is 6.61 Å². The predicted molar refractivity (Wildman–Crippen MR) is 62.3 cm³/mol. The van der Waals surface area contributed by atoms with E-state index in [0.717, 1.165) is 6.07 Å². The van der Waals surface area contributed by atoms with Gasteiger partial charge in [-0.15, -0.1) is 0 Å². The summed E-state index contributed by atoms with van der Waals surface area (Å²) in [4.78, 5) is -0.869. The number of sulfonamides is 1. The second kappa shape index (κ2) is 5.59. The SMILES string of the molecule is CCC(CO)NS(=O)(=O)c1cc(N)cc(F)c1F. The maximum atomic E-state index is 13.4. The maximum absolute atomic E-state index is 13.4. The van der Waals surface area contributed by atoms with Crippen LogP contribution in [0.2, 0.25) is 0 Å². The van der Waals surface area contributed by atoms with Crippen LogP contribution in [0.1, 0.15) is 13.3 Å². The van der Waals surface area contributed by atoms with Crippen LogP contribution < -0.4 is 10.5 Å². The van der Waals surface area contributed by atoms with Crippen LogP contribution in [0.15, 0.2) is 17.0 Å². The predicted octanol–water partition coefficient (Wildman–Crippen LogP) is 0.596. The zero-order valence-corrected chi connectivity index (χ0v) is 10.5. The molecular formula is C10H14F2N2O3S. The van der Waals surface area contributed by atoms with Crippen LogP contribution in [0.4, 0.5) is 14.5 Å². The number of benzene rings is 1. The minimum absolute atomic E-state index is 0.202. The summed E-state index contributed by atoms with van der Waals surface area (Å²) in [5, 5.41) is 8.90. The number of aliphatic hydroxyl groups is 1. The smallest absolute Gasteiger partial charge is 0.244 e. The van der Waals surface area contributed by atoms with E-state index in [0.29, 0.717) is 12.5 Å². The molecule has 1 aromatic carbocycles. The van der Waals surface area contributed by atoms with Crippen molar-refractivity contribution >= 4 is 15.7 Å². The van der Waals surface area contributed by atoms with Crippen LogP contribution in [0.3, 0.4) is 0 Å². The molecule has 1 aromatic rings. The molecule has 0 aliphatic rings. The molecule has 18 heavy (non-hydrogen) atoms. The Labute approximate surface area is 104 Å². The quantitative estimate of drug-likeness (QED) is 0.688. The van der Waals surface area contributed by atoms with Gasteiger partial charge in [-0.25, -0.2) is 21.9 Å². The Morgan fingerprint density at radius 2 is 2.06 bits per heavy atom. The number of nitrogens with one attached hydrogen (secondary N) is 1. The van der Waals surface area contributed by atoms with Gasteiger partial charge < -0.3 is 10.8 Å². The highest BCUT2D eigenvalue weighted by Gasteiger charge is 2.24. The molecule has 0 fully saturated rings. The van der Waals surface area contributed by atoms with Gasteiger partial charge in [0.25, 0.3) is 0 Å². The maximum Gasteiger partial charge on any atom is 0.244 e. The van der Waals surface area contributed by atoms with Crippen molar-refractivity contribution in [2.75, 3.05) is 12.3 Å². The Balaban J connectivity index is 3.20. The van der Waals surface area contributed by atoms with E-state index < -0.39 is 39.2 Å². The van der Waals surface area contributed by atoms with E-state index in [2.05, 4.69) is 4.72 Å². The Bertz CT molecular complexity index is 530. The number of rotatable bonds is 5. The van der Waals surface area contributed by atoms with Crippen LogP contribution in [-0.4, -0.2) is 26.2 Å². The van der Waals surface area contributed by atoms with Gasteiger partial charge in [0.1, 0.15) is 4.90 Å². The molecule has 0 aliphatic carbocycles. The minimum Gasteiger partial charge on any atom is -0.399 e. The van der Waals surface area contributed by atoms with Gasteiger partial charge in [0, 0.05) is 11.7 Å². The fourth-order valence-electron chi connectivity index (χ4n) is 1.31. The number of nitrogens with two attached hydrogens (primary N) is 1. The fourth-order valence-corrected chi connectivity index (χ4v) is 2.74. The van der Waals surface area contributed by atoms with Gasteiger partial charge in [-0.3, -0.25) is 0 Å². The van der Waals surface area contributed by atoms with E-state index in [1.165, 1.54) is 0 Å². The number of anilines is 1. The highest BCUT2D eigenvalue weighted by molar-refractivity contribution is 7.89. The third-order valence-electron chi connectivity index (χ3n) is 2.34. The molecule has 0 heterocycles. The van der Waals surface area contributed by atoms with Gasteiger partial charge in [-0.1, -0.05) is 6.92 Å². The fraction of sp³-hybridized carbons (Fsp3) is 0.400. The lowest BCUT2D eigenvalue weighted by Gasteiger charge is -2.15. The molecular weight excluding hydrogens is 266 g/mol. The first kappa shape index (κ1) is 14.8. The largest absolute Gasteiger partial charge is 0.399 e. The number of halogens is 2. The topological polar surface area (TPSA) is 92.4 Å². The summed E-state index contributed by atoms with van der Waals surface area (Å²) in [6, 6.07) is 0.751. The van der Waals surface area contributed by atoms with Crippen molar-refractivity contribution in [1.29, 1.82) is 0 Å². The summed E-state index contributed by atoms with van der Waals surface area (Å²) in [5.74, 6) is -2.84. The average molecular weight is 280 g/mol. The summed E-state index contributed by atoms with van der Waals surface area (Å²) in [7, 11) is -4.26. The normalized spacial score (nSPS) is 13.6. The van der Waals surface area contributed by atoms with Crippen molar-refractivity contribution in [2.24, 2.45) is 0 Å². The molecule has 1 atom stereocenters. The average Bonchev–Trinajstić information content (AvgIpc) is 2.30. The van der Waals surface area contributed by atoms with E-state index in [1.54, 1.807) is 6.92 Å². The molecule has 0 aliphatic heterocycles. The Hall–Kier alpha value is -1.25. The third-order valence-corrected chi connectivity index (χ3v) is 3.86. The minimum atomic E-state index is -4.26. The first-order valence-corrected chi connectivity index (χ1v) is 6.67. The molecule has 5 nitrogen and oxygen atoms in total. The standard InChI is InChI=1S/C10H14F2N2O3S/c1-2-7(5-15)14-18(16,17)9-4-6(13)3-8(11)10(9)12/h3-4,7,14-15H,2,5,13H2,1H3. The second-order valence-electron chi connectivity index (χ2n) is 3.72. The van der Waals surface area contributed by atoms with E-state index in [-0.39, 0.29) is 5.69 Å². The summed E-state index contributed by atoms with van der Waals surface area (Å²) < 4.78 is 52.2. The molecule has 0 bridgehead atoms. The number of hydrogen-bond acceptors (Lipinski definition) is 4. The lowest BCUT2D eigenvalue weighted by atomic mass is 10.3. The van der Waals surface area contributed by atoms with Crippen LogP contribution in [0, 0.1) is 11.6 Å². The molecule has 0 radical (unpaired) electrons. The molecule has 102 valence electrons. The van der Waals surface area contributed by atoms with Crippen LogP contribution in [-0.2, 0) is 10.0 Å². The Morgan fingerprint density at radius 1 is 1.44 bits per heavy atom.